The summed E-state index contributed by atoms with van der Waals surface area (Å²) >= 11 is 0. The zero-order valence-electron chi connectivity index (χ0n) is 7.56. The van der Waals surface area contributed by atoms with Gasteiger partial charge in [-0.2, -0.15) is 5.10 Å². The molecule has 0 bridgehead atoms. The van der Waals surface area contributed by atoms with Crippen molar-refractivity contribution in [3.05, 3.63) is 35.0 Å². The standard InChI is InChI=1S/C8H9N5O/c1-13-3-2-6(12-13)11-7-4-8(14)10-5-9-7/h2-5H,1H3,(H2,9,10,11,12,14). The summed E-state index contributed by atoms with van der Waals surface area (Å²) in [7, 11) is 1.82. The van der Waals surface area contributed by atoms with E-state index in [4.69, 9.17) is 0 Å². The first-order valence-corrected chi connectivity index (χ1v) is 4.05. The first-order valence-electron chi connectivity index (χ1n) is 4.05. The number of anilines is 2. The van der Waals surface area contributed by atoms with Crippen molar-refractivity contribution in [1.29, 1.82) is 0 Å². The third-order valence-electron chi connectivity index (χ3n) is 1.65. The molecule has 0 radical (unpaired) electrons. The summed E-state index contributed by atoms with van der Waals surface area (Å²) in [6.45, 7) is 0. The SMILES string of the molecule is Cn1ccc(Nc2cc(=O)[nH]cn2)n1. The van der Waals surface area contributed by atoms with Crippen molar-refractivity contribution in [2.45, 2.75) is 0 Å². The fourth-order valence-corrected chi connectivity index (χ4v) is 1.05. The Bertz CT molecular complexity index is 486. The lowest BCUT2D eigenvalue weighted by Gasteiger charge is -1.98. The highest BCUT2D eigenvalue weighted by Gasteiger charge is 1.98. The second kappa shape index (κ2) is 3.33. The van der Waals surface area contributed by atoms with E-state index in [2.05, 4.69) is 20.4 Å². The average Bonchev–Trinajstić information content (AvgIpc) is 2.51. The predicted molar refractivity (Wildman–Crippen MR) is 51.3 cm³/mol. The van der Waals surface area contributed by atoms with E-state index >= 15 is 0 Å². The van der Waals surface area contributed by atoms with Gasteiger partial charge in [-0.05, 0) is 0 Å². The van der Waals surface area contributed by atoms with Gasteiger partial charge in [-0.15, -0.1) is 0 Å². The summed E-state index contributed by atoms with van der Waals surface area (Å²) in [6, 6.07) is 3.16. The normalized spacial score (nSPS) is 10.1. The second-order valence-corrected chi connectivity index (χ2v) is 2.80. The van der Waals surface area contributed by atoms with Gasteiger partial charge in [-0.3, -0.25) is 9.48 Å². The Labute approximate surface area is 79.6 Å². The van der Waals surface area contributed by atoms with E-state index in [1.165, 1.54) is 12.4 Å². The molecule has 2 aromatic heterocycles. The predicted octanol–water partition coefficient (Wildman–Crippen LogP) is 0.247. The molecule has 0 aromatic carbocycles. The third-order valence-corrected chi connectivity index (χ3v) is 1.65. The smallest absolute Gasteiger partial charge is 0.252 e. The van der Waals surface area contributed by atoms with Gasteiger partial charge in [0, 0.05) is 25.4 Å². The molecule has 0 saturated carbocycles. The lowest BCUT2D eigenvalue weighted by atomic mass is 10.5. The van der Waals surface area contributed by atoms with Gasteiger partial charge in [0.05, 0.1) is 6.33 Å². The Balaban J connectivity index is 2.23. The van der Waals surface area contributed by atoms with Crippen LogP contribution in [0.2, 0.25) is 0 Å². The molecule has 0 unspecified atom stereocenters. The van der Waals surface area contributed by atoms with Crippen molar-refractivity contribution in [3.8, 4) is 0 Å². The van der Waals surface area contributed by atoms with E-state index in [-0.39, 0.29) is 5.56 Å². The summed E-state index contributed by atoms with van der Waals surface area (Å²) < 4.78 is 1.66. The molecule has 2 aromatic rings. The minimum Gasteiger partial charge on any atom is -0.323 e. The summed E-state index contributed by atoms with van der Waals surface area (Å²) in [4.78, 5) is 17.3. The number of nitrogens with zero attached hydrogens (tertiary/aromatic N) is 3. The van der Waals surface area contributed by atoms with E-state index in [0.29, 0.717) is 11.6 Å². The molecule has 2 heterocycles. The van der Waals surface area contributed by atoms with Crippen LogP contribution < -0.4 is 10.9 Å². The summed E-state index contributed by atoms with van der Waals surface area (Å²) in [5.74, 6) is 1.14. The van der Waals surface area contributed by atoms with Crippen molar-refractivity contribution in [3.63, 3.8) is 0 Å². The highest BCUT2D eigenvalue weighted by atomic mass is 16.1. The van der Waals surface area contributed by atoms with Crippen LogP contribution in [0.4, 0.5) is 11.6 Å². The number of aryl methyl sites for hydroxylation is 1. The van der Waals surface area contributed by atoms with Crippen LogP contribution >= 0.6 is 0 Å². The zero-order chi connectivity index (χ0) is 9.97. The maximum atomic E-state index is 10.9. The van der Waals surface area contributed by atoms with E-state index in [1.54, 1.807) is 16.9 Å². The number of hydrogen-bond acceptors (Lipinski definition) is 4. The molecular weight excluding hydrogens is 182 g/mol. The molecule has 0 spiro atoms. The first-order chi connectivity index (χ1) is 6.74. The maximum absolute atomic E-state index is 10.9. The van der Waals surface area contributed by atoms with Gasteiger partial charge in [-0.1, -0.05) is 0 Å². The van der Waals surface area contributed by atoms with Gasteiger partial charge in [-0.25, -0.2) is 4.98 Å². The molecule has 0 aliphatic carbocycles. The molecule has 72 valence electrons. The molecule has 0 atom stereocenters. The van der Waals surface area contributed by atoms with Gasteiger partial charge in [0.25, 0.3) is 5.56 Å². The Hall–Kier alpha value is -2.11. The van der Waals surface area contributed by atoms with Crippen LogP contribution in [0.1, 0.15) is 0 Å². The minimum atomic E-state index is -0.196. The number of hydrogen-bond donors (Lipinski definition) is 2. The highest BCUT2D eigenvalue weighted by Crippen LogP contribution is 2.07. The fourth-order valence-electron chi connectivity index (χ4n) is 1.05. The van der Waals surface area contributed by atoms with Gasteiger partial charge in [0.2, 0.25) is 0 Å². The van der Waals surface area contributed by atoms with E-state index < -0.39 is 0 Å². The van der Waals surface area contributed by atoms with Crippen molar-refractivity contribution in [1.82, 2.24) is 19.7 Å². The quantitative estimate of drug-likeness (QED) is 0.713. The lowest BCUT2D eigenvalue weighted by Crippen LogP contribution is -2.06. The number of H-pyrrole nitrogens is 1. The molecule has 6 nitrogen and oxygen atoms in total. The van der Waals surface area contributed by atoms with Crippen molar-refractivity contribution in [2.75, 3.05) is 5.32 Å². The molecule has 6 heteroatoms. The van der Waals surface area contributed by atoms with E-state index in [0.717, 1.165) is 0 Å². The van der Waals surface area contributed by atoms with E-state index in [9.17, 15) is 4.79 Å². The van der Waals surface area contributed by atoms with Crippen LogP contribution in [-0.4, -0.2) is 19.7 Å². The molecule has 0 aliphatic heterocycles. The number of rotatable bonds is 2. The van der Waals surface area contributed by atoms with E-state index in [1.807, 2.05) is 7.05 Å². The van der Waals surface area contributed by atoms with Gasteiger partial charge >= 0.3 is 0 Å². The highest BCUT2D eigenvalue weighted by molar-refractivity contribution is 5.49. The Morgan fingerprint density at radius 1 is 1.50 bits per heavy atom. The van der Waals surface area contributed by atoms with Crippen molar-refractivity contribution >= 4 is 11.6 Å². The Morgan fingerprint density at radius 2 is 2.36 bits per heavy atom. The monoisotopic (exact) mass is 191 g/mol. The van der Waals surface area contributed by atoms with Crippen molar-refractivity contribution in [2.24, 2.45) is 7.05 Å². The molecule has 2 rings (SSSR count). The molecule has 14 heavy (non-hydrogen) atoms. The largest absolute Gasteiger partial charge is 0.323 e. The molecule has 0 saturated heterocycles. The minimum absolute atomic E-state index is 0.196. The summed E-state index contributed by atoms with van der Waals surface area (Å²) in [5, 5.41) is 6.99. The van der Waals surface area contributed by atoms with Crippen LogP contribution in [0.5, 0.6) is 0 Å². The van der Waals surface area contributed by atoms with Crippen LogP contribution in [0, 0.1) is 0 Å². The number of aromatic nitrogens is 4. The van der Waals surface area contributed by atoms with Crippen LogP contribution in [0.15, 0.2) is 29.5 Å². The van der Waals surface area contributed by atoms with Gasteiger partial charge < -0.3 is 10.3 Å². The fraction of sp³-hybridized carbons (Fsp3) is 0.125. The third kappa shape index (κ3) is 1.79. The topological polar surface area (TPSA) is 75.6 Å². The van der Waals surface area contributed by atoms with Crippen LogP contribution in [0.25, 0.3) is 0 Å². The molecule has 0 amide bonds. The number of nitrogens with one attached hydrogen (secondary N) is 2. The second-order valence-electron chi connectivity index (χ2n) is 2.80. The lowest BCUT2D eigenvalue weighted by molar-refractivity contribution is 0.771. The van der Waals surface area contributed by atoms with Gasteiger partial charge in [0.15, 0.2) is 5.82 Å². The maximum Gasteiger partial charge on any atom is 0.252 e. The van der Waals surface area contributed by atoms with Crippen molar-refractivity contribution < 1.29 is 0 Å². The molecule has 2 N–H and O–H groups in total. The first kappa shape index (κ1) is 8.49. The molecule has 0 aliphatic rings. The Morgan fingerprint density at radius 3 is 3.00 bits per heavy atom. The summed E-state index contributed by atoms with van der Waals surface area (Å²) in [5.41, 5.74) is -0.196. The average molecular weight is 191 g/mol. The summed E-state index contributed by atoms with van der Waals surface area (Å²) in [6.07, 6.45) is 3.14. The van der Waals surface area contributed by atoms with Gasteiger partial charge in [0.1, 0.15) is 5.82 Å². The number of aromatic amines is 1. The van der Waals surface area contributed by atoms with Crippen LogP contribution in [0.3, 0.4) is 0 Å². The molecule has 0 fully saturated rings. The Kier molecular flexibility index (Phi) is 2.02. The van der Waals surface area contributed by atoms with Crippen LogP contribution in [-0.2, 0) is 7.05 Å². The molecular formula is C8H9N5O. The zero-order valence-corrected chi connectivity index (χ0v) is 7.56.